The molecule has 2 rings (SSSR count). The van der Waals surface area contributed by atoms with Gasteiger partial charge in [0.25, 0.3) is 0 Å². The predicted molar refractivity (Wildman–Crippen MR) is 68.5 cm³/mol. The van der Waals surface area contributed by atoms with E-state index in [4.69, 9.17) is 5.11 Å². The third kappa shape index (κ3) is 4.61. The Morgan fingerprint density at radius 1 is 1.05 bits per heavy atom. The Kier molecular flexibility index (Phi) is 4.78. The monoisotopic (exact) mass is 307 g/mol. The van der Waals surface area contributed by atoms with Crippen molar-refractivity contribution in [1.82, 2.24) is 4.90 Å². The third-order valence-electron chi connectivity index (χ3n) is 4.39. The van der Waals surface area contributed by atoms with Gasteiger partial charge in [0.1, 0.15) is 6.54 Å². The number of carbonyl (C=O) groups is 2. The zero-order chi connectivity index (χ0) is 15.6. The smallest absolute Gasteiger partial charge is 0.391 e. The first-order valence-electron chi connectivity index (χ1n) is 7.35. The van der Waals surface area contributed by atoms with Gasteiger partial charge in [-0.3, -0.25) is 9.59 Å². The van der Waals surface area contributed by atoms with Crippen molar-refractivity contribution < 1.29 is 27.9 Å². The van der Waals surface area contributed by atoms with Crippen molar-refractivity contribution in [3.63, 3.8) is 0 Å². The zero-order valence-electron chi connectivity index (χ0n) is 11.7. The van der Waals surface area contributed by atoms with Crippen LogP contribution in [0.3, 0.4) is 0 Å². The molecule has 0 unspecified atom stereocenters. The highest BCUT2D eigenvalue weighted by Crippen LogP contribution is 2.40. The van der Waals surface area contributed by atoms with E-state index in [1.165, 1.54) is 4.90 Å². The first kappa shape index (κ1) is 16.1. The fourth-order valence-electron chi connectivity index (χ4n) is 3.01. The molecule has 0 aromatic rings. The quantitative estimate of drug-likeness (QED) is 0.849. The highest BCUT2D eigenvalue weighted by atomic mass is 19.4. The van der Waals surface area contributed by atoms with E-state index in [1.807, 2.05) is 0 Å². The Morgan fingerprint density at radius 2 is 1.62 bits per heavy atom. The van der Waals surface area contributed by atoms with Crippen LogP contribution in [0, 0.1) is 11.8 Å². The molecule has 120 valence electrons. The summed E-state index contributed by atoms with van der Waals surface area (Å²) in [4.78, 5) is 24.3. The minimum absolute atomic E-state index is 0.0140. The highest BCUT2D eigenvalue weighted by molar-refractivity contribution is 5.82. The summed E-state index contributed by atoms with van der Waals surface area (Å²) in [6, 6.07) is 0.0140. The molecule has 2 fully saturated rings. The standard InChI is InChI=1S/C14H20F3NO3/c15-14(16,17)10-3-1-9(2-4-10)7-12(19)18(8-13(20)21)11-5-6-11/h9-11H,1-8H2,(H,20,21). The van der Waals surface area contributed by atoms with E-state index in [-0.39, 0.29) is 43.7 Å². The van der Waals surface area contributed by atoms with Gasteiger partial charge in [-0.2, -0.15) is 13.2 Å². The first-order valence-corrected chi connectivity index (χ1v) is 7.35. The minimum Gasteiger partial charge on any atom is -0.480 e. The maximum absolute atomic E-state index is 12.6. The van der Waals surface area contributed by atoms with Crippen molar-refractivity contribution in [3.8, 4) is 0 Å². The molecule has 0 atom stereocenters. The largest absolute Gasteiger partial charge is 0.480 e. The van der Waals surface area contributed by atoms with Crippen LogP contribution in [-0.4, -0.2) is 40.6 Å². The van der Waals surface area contributed by atoms with Crippen LogP contribution in [-0.2, 0) is 9.59 Å². The van der Waals surface area contributed by atoms with Crippen LogP contribution >= 0.6 is 0 Å². The third-order valence-corrected chi connectivity index (χ3v) is 4.39. The van der Waals surface area contributed by atoms with Gasteiger partial charge in [-0.15, -0.1) is 0 Å². The topological polar surface area (TPSA) is 57.6 Å². The molecule has 1 N–H and O–H groups in total. The molecule has 0 saturated heterocycles. The number of carboxylic acid groups (broad SMARTS) is 1. The number of carboxylic acids is 1. The second-order valence-corrected chi connectivity index (χ2v) is 6.11. The van der Waals surface area contributed by atoms with Crippen LogP contribution in [0.15, 0.2) is 0 Å². The molecule has 0 aliphatic heterocycles. The van der Waals surface area contributed by atoms with Gasteiger partial charge in [0.2, 0.25) is 5.91 Å². The number of aliphatic carboxylic acids is 1. The maximum Gasteiger partial charge on any atom is 0.391 e. The molecule has 2 saturated carbocycles. The lowest BCUT2D eigenvalue weighted by Gasteiger charge is -2.30. The van der Waals surface area contributed by atoms with Crippen molar-refractivity contribution in [2.45, 2.75) is 57.2 Å². The molecule has 7 heteroatoms. The number of amides is 1. The second kappa shape index (κ2) is 6.23. The normalized spacial score (nSPS) is 26.4. The van der Waals surface area contributed by atoms with E-state index in [1.54, 1.807) is 0 Å². The van der Waals surface area contributed by atoms with Gasteiger partial charge >= 0.3 is 12.1 Å². The minimum atomic E-state index is -4.14. The fraction of sp³-hybridized carbons (Fsp3) is 0.857. The number of hydrogen-bond donors (Lipinski definition) is 1. The SMILES string of the molecule is O=C(O)CN(C(=O)CC1CCC(C(F)(F)F)CC1)C1CC1. The summed E-state index contributed by atoms with van der Waals surface area (Å²) in [5.41, 5.74) is 0. The number of hydrogen-bond acceptors (Lipinski definition) is 2. The van der Waals surface area contributed by atoms with Gasteiger partial charge in [-0.25, -0.2) is 0 Å². The van der Waals surface area contributed by atoms with Gasteiger partial charge < -0.3 is 10.0 Å². The molecule has 0 bridgehead atoms. The molecule has 2 aliphatic carbocycles. The summed E-state index contributed by atoms with van der Waals surface area (Å²) in [6.45, 7) is -0.304. The van der Waals surface area contributed by atoms with Crippen LogP contribution in [0.25, 0.3) is 0 Å². The Labute approximate surface area is 121 Å². The van der Waals surface area contributed by atoms with Gasteiger partial charge in [-0.1, -0.05) is 0 Å². The molecule has 0 spiro atoms. The van der Waals surface area contributed by atoms with E-state index in [9.17, 15) is 22.8 Å². The average molecular weight is 307 g/mol. The van der Waals surface area contributed by atoms with Crippen molar-refractivity contribution in [1.29, 1.82) is 0 Å². The van der Waals surface area contributed by atoms with E-state index < -0.39 is 18.1 Å². The van der Waals surface area contributed by atoms with E-state index >= 15 is 0 Å². The number of carbonyl (C=O) groups excluding carboxylic acids is 1. The van der Waals surface area contributed by atoms with Crippen LogP contribution in [0.1, 0.15) is 44.9 Å². The molecule has 21 heavy (non-hydrogen) atoms. The molecular weight excluding hydrogens is 287 g/mol. The van der Waals surface area contributed by atoms with Crippen molar-refractivity contribution in [3.05, 3.63) is 0 Å². The summed E-state index contributed by atoms with van der Waals surface area (Å²) < 4.78 is 37.7. The lowest BCUT2D eigenvalue weighted by molar-refractivity contribution is -0.184. The van der Waals surface area contributed by atoms with Crippen molar-refractivity contribution >= 4 is 11.9 Å². The lowest BCUT2D eigenvalue weighted by Crippen LogP contribution is -2.39. The Hall–Kier alpha value is -1.27. The van der Waals surface area contributed by atoms with E-state index in [2.05, 4.69) is 0 Å². The fourth-order valence-corrected chi connectivity index (χ4v) is 3.01. The maximum atomic E-state index is 12.6. The molecule has 4 nitrogen and oxygen atoms in total. The molecular formula is C14H20F3NO3. The summed E-state index contributed by atoms with van der Waals surface area (Å²) >= 11 is 0. The van der Waals surface area contributed by atoms with Gasteiger partial charge in [0.05, 0.1) is 5.92 Å². The summed E-state index contributed by atoms with van der Waals surface area (Å²) in [7, 11) is 0. The van der Waals surface area contributed by atoms with Crippen LogP contribution in [0.4, 0.5) is 13.2 Å². The van der Waals surface area contributed by atoms with Crippen LogP contribution in [0.2, 0.25) is 0 Å². The van der Waals surface area contributed by atoms with Gasteiger partial charge in [0.15, 0.2) is 0 Å². The average Bonchev–Trinajstić information content (AvgIpc) is 3.19. The van der Waals surface area contributed by atoms with Crippen LogP contribution < -0.4 is 0 Å². The van der Waals surface area contributed by atoms with E-state index in [0.29, 0.717) is 12.8 Å². The number of alkyl halides is 3. The van der Waals surface area contributed by atoms with Crippen molar-refractivity contribution in [2.75, 3.05) is 6.54 Å². The predicted octanol–water partition coefficient (Wildman–Crippen LogP) is 2.82. The molecule has 0 radical (unpaired) electrons. The summed E-state index contributed by atoms with van der Waals surface area (Å²) in [6.07, 6.45) is -1.40. The molecule has 2 aliphatic rings. The Morgan fingerprint density at radius 3 is 2.05 bits per heavy atom. The Balaban J connectivity index is 1.82. The second-order valence-electron chi connectivity index (χ2n) is 6.11. The Bertz CT molecular complexity index is 399. The number of rotatable bonds is 5. The van der Waals surface area contributed by atoms with Crippen molar-refractivity contribution in [2.24, 2.45) is 11.8 Å². The first-order chi connectivity index (χ1) is 9.77. The molecule has 1 amide bonds. The van der Waals surface area contributed by atoms with Crippen LogP contribution in [0.5, 0.6) is 0 Å². The summed E-state index contributed by atoms with van der Waals surface area (Å²) in [5, 5.41) is 8.82. The zero-order valence-corrected chi connectivity index (χ0v) is 11.7. The molecule has 0 heterocycles. The highest BCUT2D eigenvalue weighted by Gasteiger charge is 2.42. The van der Waals surface area contributed by atoms with Gasteiger partial charge in [-0.05, 0) is 44.4 Å². The molecule has 0 aromatic heterocycles. The number of halogens is 3. The number of nitrogens with zero attached hydrogens (tertiary/aromatic N) is 1. The van der Waals surface area contributed by atoms with E-state index in [0.717, 1.165) is 12.8 Å². The summed E-state index contributed by atoms with van der Waals surface area (Å²) in [5.74, 6) is -2.57. The van der Waals surface area contributed by atoms with Gasteiger partial charge in [0, 0.05) is 12.5 Å². The lowest BCUT2D eigenvalue weighted by atomic mass is 9.80. The molecule has 0 aromatic carbocycles.